The number of unbranched alkanes of at least 4 members (excludes halogenated alkanes) is 1. The molecule has 1 aromatic carbocycles. The van der Waals surface area contributed by atoms with Gasteiger partial charge in [0.15, 0.2) is 0 Å². The standard InChI is InChI=1S/C14H15FN4/c15-13-4-3-5-14(12(13)10-16)18-6-1-2-8-19-9-7-17-11-19/h3-5,7,9,11,18H,1-2,6,8H2. The van der Waals surface area contributed by atoms with Crippen molar-refractivity contribution in [2.45, 2.75) is 19.4 Å². The van der Waals surface area contributed by atoms with Gasteiger partial charge in [0.1, 0.15) is 17.4 Å². The van der Waals surface area contributed by atoms with Crippen LogP contribution in [0, 0.1) is 17.1 Å². The van der Waals surface area contributed by atoms with Gasteiger partial charge in [-0.2, -0.15) is 5.26 Å². The van der Waals surface area contributed by atoms with Gasteiger partial charge in [0, 0.05) is 25.5 Å². The molecular weight excluding hydrogens is 243 g/mol. The van der Waals surface area contributed by atoms with E-state index in [1.165, 1.54) is 6.07 Å². The lowest BCUT2D eigenvalue weighted by Crippen LogP contribution is -2.05. The second-order valence-electron chi connectivity index (χ2n) is 4.21. The van der Waals surface area contributed by atoms with Gasteiger partial charge < -0.3 is 9.88 Å². The molecular formula is C14H15FN4. The average Bonchev–Trinajstić information content (AvgIpc) is 2.92. The summed E-state index contributed by atoms with van der Waals surface area (Å²) in [5, 5.41) is 12.0. The van der Waals surface area contributed by atoms with Gasteiger partial charge in [-0.1, -0.05) is 6.07 Å². The number of rotatable bonds is 6. The molecule has 0 aliphatic heterocycles. The summed E-state index contributed by atoms with van der Waals surface area (Å²) in [6.07, 6.45) is 7.41. The molecule has 1 heterocycles. The molecule has 0 radical (unpaired) electrons. The van der Waals surface area contributed by atoms with E-state index >= 15 is 0 Å². The number of nitriles is 1. The van der Waals surface area contributed by atoms with Crippen molar-refractivity contribution in [3.05, 3.63) is 48.3 Å². The van der Waals surface area contributed by atoms with E-state index in [9.17, 15) is 4.39 Å². The predicted molar refractivity (Wildman–Crippen MR) is 71.1 cm³/mol. The average molecular weight is 258 g/mol. The van der Waals surface area contributed by atoms with Crippen LogP contribution < -0.4 is 5.32 Å². The van der Waals surface area contributed by atoms with Gasteiger partial charge in [-0.25, -0.2) is 9.37 Å². The van der Waals surface area contributed by atoms with Gasteiger partial charge in [-0.05, 0) is 25.0 Å². The van der Waals surface area contributed by atoms with E-state index in [1.54, 1.807) is 24.7 Å². The molecule has 98 valence electrons. The fourth-order valence-corrected chi connectivity index (χ4v) is 1.85. The van der Waals surface area contributed by atoms with Crippen molar-refractivity contribution in [3.8, 4) is 6.07 Å². The normalized spacial score (nSPS) is 10.1. The Labute approximate surface area is 111 Å². The molecule has 0 atom stereocenters. The van der Waals surface area contributed by atoms with E-state index in [4.69, 9.17) is 5.26 Å². The third kappa shape index (κ3) is 3.55. The van der Waals surface area contributed by atoms with E-state index < -0.39 is 5.82 Å². The highest BCUT2D eigenvalue weighted by molar-refractivity contribution is 5.57. The smallest absolute Gasteiger partial charge is 0.143 e. The predicted octanol–water partition coefficient (Wildman–Crippen LogP) is 2.79. The Kier molecular flexibility index (Phi) is 4.51. The van der Waals surface area contributed by atoms with Gasteiger partial charge in [0.2, 0.25) is 0 Å². The van der Waals surface area contributed by atoms with Crippen molar-refractivity contribution in [1.29, 1.82) is 5.26 Å². The number of hydrogen-bond acceptors (Lipinski definition) is 3. The summed E-state index contributed by atoms with van der Waals surface area (Å²) < 4.78 is 15.4. The van der Waals surface area contributed by atoms with Crippen LogP contribution in [-0.2, 0) is 6.54 Å². The molecule has 4 nitrogen and oxygen atoms in total. The minimum Gasteiger partial charge on any atom is -0.384 e. The van der Waals surface area contributed by atoms with Crippen LogP contribution in [0.1, 0.15) is 18.4 Å². The molecule has 0 saturated heterocycles. The summed E-state index contributed by atoms with van der Waals surface area (Å²) in [6, 6.07) is 6.49. The maximum Gasteiger partial charge on any atom is 0.143 e. The Bertz CT molecular complexity index is 557. The zero-order chi connectivity index (χ0) is 13.5. The van der Waals surface area contributed by atoms with Gasteiger partial charge >= 0.3 is 0 Å². The molecule has 1 aromatic heterocycles. The summed E-state index contributed by atoms with van der Waals surface area (Å²) >= 11 is 0. The number of nitrogens with one attached hydrogen (secondary N) is 1. The number of aromatic nitrogens is 2. The van der Waals surface area contributed by atoms with Crippen molar-refractivity contribution < 1.29 is 4.39 Å². The molecule has 0 bridgehead atoms. The van der Waals surface area contributed by atoms with Crippen LogP contribution in [0.5, 0.6) is 0 Å². The van der Waals surface area contributed by atoms with E-state index in [-0.39, 0.29) is 5.56 Å². The van der Waals surface area contributed by atoms with Crippen LogP contribution in [0.15, 0.2) is 36.9 Å². The largest absolute Gasteiger partial charge is 0.384 e. The second kappa shape index (κ2) is 6.55. The number of halogens is 1. The third-order valence-corrected chi connectivity index (χ3v) is 2.84. The maximum absolute atomic E-state index is 13.3. The Balaban J connectivity index is 1.77. The first-order valence-electron chi connectivity index (χ1n) is 6.19. The molecule has 2 aromatic rings. The Morgan fingerprint density at radius 1 is 1.37 bits per heavy atom. The van der Waals surface area contributed by atoms with Crippen LogP contribution in [0.3, 0.4) is 0 Å². The van der Waals surface area contributed by atoms with Gasteiger partial charge in [-0.3, -0.25) is 0 Å². The number of benzene rings is 1. The monoisotopic (exact) mass is 258 g/mol. The molecule has 5 heteroatoms. The van der Waals surface area contributed by atoms with Crippen LogP contribution in [0.25, 0.3) is 0 Å². The SMILES string of the molecule is N#Cc1c(F)cccc1NCCCCn1ccnc1. The zero-order valence-electron chi connectivity index (χ0n) is 10.5. The maximum atomic E-state index is 13.3. The second-order valence-corrected chi connectivity index (χ2v) is 4.21. The fourth-order valence-electron chi connectivity index (χ4n) is 1.85. The molecule has 19 heavy (non-hydrogen) atoms. The highest BCUT2D eigenvalue weighted by atomic mass is 19.1. The lowest BCUT2D eigenvalue weighted by atomic mass is 10.2. The van der Waals surface area contributed by atoms with Crippen LogP contribution in [0.4, 0.5) is 10.1 Å². The van der Waals surface area contributed by atoms with Gasteiger partial charge in [0.05, 0.1) is 12.0 Å². The minimum atomic E-state index is -0.481. The van der Waals surface area contributed by atoms with Crippen molar-refractivity contribution in [3.63, 3.8) is 0 Å². The molecule has 0 saturated carbocycles. The molecule has 1 N–H and O–H groups in total. The van der Waals surface area contributed by atoms with Gasteiger partial charge in [-0.15, -0.1) is 0 Å². The highest BCUT2D eigenvalue weighted by Crippen LogP contribution is 2.17. The first kappa shape index (κ1) is 13.1. The topological polar surface area (TPSA) is 53.6 Å². The van der Waals surface area contributed by atoms with Crippen molar-refractivity contribution in [2.75, 3.05) is 11.9 Å². The summed E-state index contributed by atoms with van der Waals surface area (Å²) in [7, 11) is 0. The van der Waals surface area contributed by atoms with Crippen molar-refractivity contribution in [2.24, 2.45) is 0 Å². The van der Waals surface area contributed by atoms with Crippen LogP contribution in [0.2, 0.25) is 0 Å². The first-order valence-corrected chi connectivity index (χ1v) is 6.19. The van der Waals surface area contributed by atoms with E-state index in [0.717, 1.165) is 19.4 Å². The molecule has 0 unspecified atom stereocenters. The Morgan fingerprint density at radius 2 is 2.26 bits per heavy atom. The van der Waals surface area contributed by atoms with Gasteiger partial charge in [0.25, 0.3) is 0 Å². The van der Waals surface area contributed by atoms with Crippen LogP contribution >= 0.6 is 0 Å². The fraction of sp³-hybridized carbons (Fsp3) is 0.286. The third-order valence-electron chi connectivity index (χ3n) is 2.84. The van der Waals surface area contributed by atoms with Crippen molar-refractivity contribution in [1.82, 2.24) is 9.55 Å². The summed E-state index contributed by atoms with van der Waals surface area (Å²) in [4.78, 5) is 3.97. The summed E-state index contributed by atoms with van der Waals surface area (Å²) in [6.45, 7) is 1.63. The molecule has 2 rings (SSSR count). The van der Waals surface area contributed by atoms with Crippen LogP contribution in [-0.4, -0.2) is 16.1 Å². The summed E-state index contributed by atoms with van der Waals surface area (Å²) in [5.41, 5.74) is 0.641. The molecule has 0 spiro atoms. The molecule has 0 fully saturated rings. The molecule has 0 aliphatic rings. The number of aryl methyl sites for hydroxylation is 1. The number of imidazole rings is 1. The number of nitrogens with zero attached hydrogens (tertiary/aromatic N) is 3. The zero-order valence-corrected chi connectivity index (χ0v) is 10.5. The molecule has 0 aliphatic carbocycles. The highest BCUT2D eigenvalue weighted by Gasteiger charge is 2.06. The van der Waals surface area contributed by atoms with E-state index in [2.05, 4.69) is 10.3 Å². The molecule has 0 amide bonds. The summed E-state index contributed by atoms with van der Waals surface area (Å²) in [5.74, 6) is -0.481. The first-order chi connectivity index (χ1) is 9.31. The minimum absolute atomic E-state index is 0.0807. The van der Waals surface area contributed by atoms with Crippen molar-refractivity contribution >= 4 is 5.69 Å². The van der Waals surface area contributed by atoms with E-state index in [0.29, 0.717) is 12.2 Å². The number of anilines is 1. The lowest BCUT2D eigenvalue weighted by Gasteiger charge is -2.08. The van der Waals surface area contributed by atoms with E-state index in [1.807, 2.05) is 16.8 Å². The Morgan fingerprint density at radius 3 is 3.00 bits per heavy atom. The lowest BCUT2D eigenvalue weighted by molar-refractivity contribution is 0.618. The number of hydrogen-bond donors (Lipinski definition) is 1. The Hall–Kier alpha value is -2.35. The quantitative estimate of drug-likeness (QED) is 0.810.